The second-order valence-corrected chi connectivity index (χ2v) is 4.44. The number of rotatable bonds is 4. The van der Waals surface area contributed by atoms with Gasteiger partial charge in [-0.15, -0.1) is 10.2 Å². The van der Waals surface area contributed by atoms with Crippen molar-refractivity contribution in [2.75, 3.05) is 5.75 Å². The molecule has 0 unspecified atom stereocenters. The Bertz CT molecular complexity index is 544. The lowest BCUT2D eigenvalue weighted by atomic mass is 10.2. The summed E-state index contributed by atoms with van der Waals surface area (Å²) < 4.78 is 5.35. The van der Waals surface area contributed by atoms with Gasteiger partial charge in [-0.1, -0.05) is 35.5 Å². The van der Waals surface area contributed by atoms with Crippen LogP contribution in [0.2, 0.25) is 5.02 Å². The first-order valence-corrected chi connectivity index (χ1v) is 6.02. The molecule has 1 heterocycles. The largest absolute Gasteiger partial charge is 0.411 e. The predicted molar refractivity (Wildman–Crippen MR) is 64.7 cm³/mol. The number of benzene rings is 1. The molecule has 0 aliphatic heterocycles. The van der Waals surface area contributed by atoms with Crippen LogP contribution in [0.1, 0.15) is 0 Å². The van der Waals surface area contributed by atoms with E-state index in [0.29, 0.717) is 21.7 Å². The third kappa shape index (κ3) is 2.98. The fourth-order valence-electron chi connectivity index (χ4n) is 1.14. The van der Waals surface area contributed by atoms with E-state index in [4.69, 9.17) is 21.8 Å². The number of aromatic nitrogens is 2. The molecule has 0 atom stereocenters. The Morgan fingerprint density at radius 1 is 1.41 bits per heavy atom. The maximum atomic E-state index is 10.6. The van der Waals surface area contributed by atoms with Crippen molar-refractivity contribution in [3.8, 4) is 11.5 Å². The van der Waals surface area contributed by atoms with E-state index in [1.54, 1.807) is 12.1 Å². The quantitative estimate of drug-likeness (QED) is 0.858. The summed E-state index contributed by atoms with van der Waals surface area (Å²) in [5.74, 6) is -0.0143. The van der Waals surface area contributed by atoms with Crippen LogP contribution in [0, 0.1) is 0 Å². The summed E-state index contributed by atoms with van der Waals surface area (Å²) in [6.45, 7) is 0. The number of halogens is 1. The lowest BCUT2D eigenvalue weighted by Gasteiger charge is -1.96. The Kier molecular flexibility index (Phi) is 3.65. The topological polar surface area (TPSA) is 82.0 Å². The highest BCUT2D eigenvalue weighted by Gasteiger charge is 2.12. The third-order valence-electron chi connectivity index (χ3n) is 1.85. The molecule has 0 aliphatic carbocycles. The van der Waals surface area contributed by atoms with Crippen LogP contribution < -0.4 is 5.73 Å². The number of nitrogens with zero attached hydrogens (tertiary/aromatic N) is 2. The number of carbonyl (C=O) groups is 1. The zero-order valence-corrected chi connectivity index (χ0v) is 10.2. The fraction of sp³-hybridized carbons (Fsp3) is 0.100. The van der Waals surface area contributed by atoms with E-state index in [0.717, 1.165) is 11.8 Å². The Labute approximate surface area is 106 Å². The molecule has 2 N–H and O–H groups in total. The second kappa shape index (κ2) is 5.20. The summed E-state index contributed by atoms with van der Waals surface area (Å²) in [4.78, 5) is 10.6. The number of amides is 1. The maximum absolute atomic E-state index is 10.6. The van der Waals surface area contributed by atoms with Gasteiger partial charge in [-0.3, -0.25) is 4.79 Å². The normalized spacial score (nSPS) is 10.4. The number of thioether (sulfide) groups is 1. The summed E-state index contributed by atoms with van der Waals surface area (Å²) in [5.41, 5.74) is 5.67. The highest BCUT2D eigenvalue weighted by atomic mass is 35.5. The van der Waals surface area contributed by atoms with Crippen molar-refractivity contribution < 1.29 is 9.21 Å². The van der Waals surface area contributed by atoms with Gasteiger partial charge < -0.3 is 10.2 Å². The zero-order valence-electron chi connectivity index (χ0n) is 8.59. The van der Waals surface area contributed by atoms with Crippen molar-refractivity contribution in [1.29, 1.82) is 0 Å². The lowest BCUT2D eigenvalue weighted by Crippen LogP contribution is -2.12. The molecule has 0 spiro atoms. The Morgan fingerprint density at radius 3 is 2.88 bits per heavy atom. The number of hydrogen-bond acceptors (Lipinski definition) is 5. The summed E-state index contributed by atoms with van der Waals surface area (Å²) in [7, 11) is 0. The smallest absolute Gasteiger partial charge is 0.277 e. The average Bonchev–Trinajstić information content (AvgIpc) is 2.75. The molecular weight excluding hydrogens is 262 g/mol. The summed E-state index contributed by atoms with van der Waals surface area (Å²) in [5, 5.41) is 8.46. The Hall–Kier alpha value is -1.53. The van der Waals surface area contributed by atoms with Gasteiger partial charge in [0.1, 0.15) is 0 Å². The molecule has 1 aromatic carbocycles. The van der Waals surface area contributed by atoms with Crippen LogP contribution in [-0.2, 0) is 4.79 Å². The number of nitrogens with two attached hydrogens (primary N) is 1. The molecule has 0 saturated carbocycles. The average molecular weight is 270 g/mol. The molecule has 1 amide bonds. The summed E-state index contributed by atoms with van der Waals surface area (Å²) in [6.07, 6.45) is 0. The van der Waals surface area contributed by atoms with Crippen LogP contribution in [0.5, 0.6) is 0 Å². The third-order valence-corrected chi connectivity index (χ3v) is 3.02. The van der Waals surface area contributed by atoms with E-state index in [2.05, 4.69) is 10.2 Å². The first-order chi connectivity index (χ1) is 8.16. The molecule has 0 aliphatic rings. The van der Waals surface area contributed by atoms with Crippen molar-refractivity contribution in [3.63, 3.8) is 0 Å². The molecule has 2 aromatic rings. The molecular formula is C10H8ClN3O2S. The van der Waals surface area contributed by atoms with E-state index in [1.165, 1.54) is 0 Å². The molecule has 5 nitrogen and oxygen atoms in total. The highest BCUT2D eigenvalue weighted by molar-refractivity contribution is 7.99. The van der Waals surface area contributed by atoms with Gasteiger partial charge in [0, 0.05) is 0 Å². The van der Waals surface area contributed by atoms with E-state index < -0.39 is 5.91 Å². The minimum atomic E-state index is -0.438. The van der Waals surface area contributed by atoms with Gasteiger partial charge in [0.25, 0.3) is 5.22 Å². The molecule has 1 aromatic heterocycles. The minimum absolute atomic E-state index is 0.101. The number of primary amides is 1. The van der Waals surface area contributed by atoms with Crippen LogP contribution in [0.3, 0.4) is 0 Å². The summed E-state index contributed by atoms with van der Waals surface area (Å²) in [6, 6.07) is 7.14. The standard InChI is InChI=1S/C10H8ClN3O2S/c11-7-4-2-1-3-6(7)9-13-14-10(16-9)17-5-8(12)15/h1-4H,5H2,(H2,12,15). The Balaban J connectivity index is 2.18. The van der Waals surface area contributed by atoms with Gasteiger partial charge in [-0.25, -0.2) is 0 Å². The first-order valence-electron chi connectivity index (χ1n) is 4.66. The van der Waals surface area contributed by atoms with Crippen LogP contribution in [0.15, 0.2) is 33.9 Å². The molecule has 88 valence electrons. The molecule has 2 rings (SSSR count). The molecule has 0 fully saturated rings. The number of hydrogen-bond donors (Lipinski definition) is 1. The molecule has 7 heteroatoms. The van der Waals surface area contributed by atoms with Crippen molar-refractivity contribution in [1.82, 2.24) is 10.2 Å². The van der Waals surface area contributed by atoms with Gasteiger partial charge in [0.05, 0.1) is 16.3 Å². The predicted octanol–water partition coefficient (Wildman–Crippen LogP) is 1.97. The van der Waals surface area contributed by atoms with Gasteiger partial charge in [-0.05, 0) is 12.1 Å². The lowest BCUT2D eigenvalue weighted by molar-refractivity contribution is -0.115. The van der Waals surface area contributed by atoms with Gasteiger partial charge >= 0.3 is 0 Å². The van der Waals surface area contributed by atoms with Crippen molar-refractivity contribution in [3.05, 3.63) is 29.3 Å². The van der Waals surface area contributed by atoms with Crippen LogP contribution in [0.25, 0.3) is 11.5 Å². The molecule has 0 bridgehead atoms. The fourth-order valence-corrected chi connectivity index (χ4v) is 1.86. The van der Waals surface area contributed by atoms with E-state index >= 15 is 0 Å². The van der Waals surface area contributed by atoms with Crippen LogP contribution >= 0.6 is 23.4 Å². The molecule has 17 heavy (non-hydrogen) atoms. The van der Waals surface area contributed by atoms with Crippen LogP contribution in [-0.4, -0.2) is 21.9 Å². The van der Waals surface area contributed by atoms with Gasteiger partial charge in [0.2, 0.25) is 11.8 Å². The summed E-state index contributed by atoms with van der Waals surface area (Å²) >= 11 is 7.08. The minimum Gasteiger partial charge on any atom is -0.411 e. The zero-order chi connectivity index (χ0) is 12.3. The first kappa shape index (κ1) is 11.9. The Morgan fingerprint density at radius 2 is 2.18 bits per heavy atom. The van der Waals surface area contributed by atoms with E-state index in [9.17, 15) is 4.79 Å². The number of carbonyl (C=O) groups excluding carboxylic acids is 1. The van der Waals surface area contributed by atoms with Gasteiger partial charge in [0.15, 0.2) is 0 Å². The van der Waals surface area contributed by atoms with Gasteiger partial charge in [-0.2, -0.15) is 0 Å². The maximum Gasteiger partial charge on any atom is 0.277 e. The van der Waals surface area contributed by atoms with Crippen molar-refractivity contribution in [2.45, 2.75) is 5.22 Å². The second-order valence-electron chi connectivity index (χ2n) is 3.11. The van der Waals surface area contributed by atoms with E-state index in [1.807, 2.05) is 12.1 Å². The monoisotopic (exact) mass is 269 g/mol. The van der Waals surface area contributed by atoms with Crippen molar-refractivity contribution >= 4 is 29.3 Å². The van der Waals surface area contributed by atoms with E-state index in [-0.39, 0.29) is 5.75 Å². The molecule has 0 saturated heterocycles. The highest BCUT2D eigenvalue weighted by Crippen LogP contribution is 2.28. The van der Waals surface area contributed by atoms with Crippen molar-refractivity contribution in [2.24, 2.45) is 5.73 Å². The van der Waals surface area contributed by atoms with Crippen LogP contribution in [0.4, 0.5) is 0 Å². The molecule has 0 radical (unpaired) electrons. The SMILES string of the molecule is NC(=O)CSc1nnc(-c2ccccc2Cl)o1.